The SMILES string of the molecule is Cc1c(Br)c2ccccc2n1CC(=O)Nc1ccccc1SCC(N)=O. The van der Waals surface area contributed by atoms with Gasteiger partial charge in [-0.25, -0.2) is 0 Å². The van der Waals surface area contributed by atoms with E-state index < -0.39 is 5.91 Å². The second-order valence-electron chi connectivity index (χ2n) is 5.80. The first kappa shape index (κ1) is 18.5. The molecule has 0 saturated heterocycles. The molecule has 0 bridgehead atoms. The van der Waals surface area contributed by atoms with E-state index in [9.17, 15) is 9.59 Å². The highest BCUT2D eigenvalue weighted by Gasteiger charge is 2.15. The zero-order chi connectivity index (χ0) is 18.7. The third-order valence-electron chi connectivity index (χ3n) is 3.99. The summed E-state index contributed by atoms with van der Waals surface area (Å²) in [6.07, 6.45) is 0. The fourth-order valence-corrected chi connectivity index (χ4v) is 4.07. The number of aromatic nitrogens is 1. The zero-order valence-corrected chi connectivity index (χ0v) is 16.6. The monoisotopic (exact) mass is 431 g/mol. The molecular weight excluding hydrogens is 414 g/mol. The Bertz CT molecular complexity index is 984. The van der Waals surface area contributed by atoms with E-state index in [1.165, 1.54) is 11.8 Å². The molecule has 2 amide bonds. The van der Waals surface area contributed by atoms with E-state index in [1.54, 1.807) is 0 Å². The van der Waals surface area contributed by atoms with Gasteiger partial charge in [-0.3, -0.25) is 9.59 Å². The number of rotatable bonds is 6. The molecule has 0 spiro atoms. The predicted molar refractivity (Wildman–Crippen MR) is 109 cm³/mol. The fourth-order valence-electron chi connectivity index (χ4n) is 2.77. The number of halogens is 1. The maximum atomic E-state index is 12.6. The Hall–Kier alpha value is -2.25. The lowest BCUT2D eigenvalue weighted by molar-refractivity contribution is -0.117. The summed E-state index contributed by atoms with van der Waals surface area (Å²) >= 11 is 4.91. The van der Waals surface area contributed by atoms with Crippen LogP contribution in [0.3, 0.4) is 0 Å². The van der Waals surface area contributed by atoms with Crippen LogP contribution in [0.2, 0.25) is 0 Å². The van der Waals surface area contributed by atoms with E-state index in [-0.39, 0.29) is 18.2 Å². The number of hydrogen-bond donors (Lipinski definition) is 2. The maximum Gasteiger partial charge on any atom is 0.244 e. The van der Waals surface area contributed by atoms with Gasteiger partial charge in [0.2, 0.25) is 11.8 Å². The number of nitrogens with zero attached hydrogens (tertiary/aromatic N) is 1. The fraction of sp³-hybridized carbons (Fsp3) is 0.158. The number of carbonyl (C=O) groups is 2. The van der Waals surface area contributed by atoms with Crippen LogP contribution in [0.15, 0.2) is 57.9 Å². The Labute approximate surface area is 164 Å². The van der Waals surface area contributed by atoms with Crippen LogP contribution in [0.25, 0.3) is 10.9 Å². The number of fused-ring (bicyclic) bond motifs is 1. The van der Waals surface area contributed by atoms with Crippen LogP contribution in [-0.2, 0) is 16.1 Å². The van der Waals surface area contributed by atoms with Gasteiger partial charge in [0.25, 0.3) is 0 Å². The van der Waals surface area contributed by atoms with Crippen LogP contribution in [0.5, 0.6) is 0 Å². The standard InChI is InChI=1S/C19H18BrN3O2S/c1-12-19(20)13-6-2-4-8-15(13)23(12)10-18(25)22-14-7-3-5-9-16(14)26-11-17(21)24/h2-9H,10-11H2,1H3,(H2,21,24)(H,22,25). The minimum absolute atomic E-state index is 0.131. The summed E-state index contributed by atoms with van der Waals surface area (Å²) in [4.78, 5) is 24.5. The van der Waals surface area contributed by atoms with Crippen LogP contribution in [0.4, 0.5) is 5.69 Å². The second-order valence-corrected chi connectivity index (χ2v) is 7.61. The molecule has 7 heteroatoms. The summed E-state index contributed by atoms with van der Waals surface area (Å²) in [6.45, 7) is 2.18. The molecule has 3 N–H and O–H groups in total. The molecule has 0 aliphatic carbocycles. The van der Waals surface area contributed by atoms with Crippen molar-refractivity contribution >= 4 is 56.1 Å². The predicted octanol–water partition coefficient (Wildman–Crippen LogP) is 3.93. The molecule has 26 heavy (non-hydrogen) atoms. The normalized spacial score (nSPS) is 10.8. The van der Waals surface area contributed by atoms with Gasteiger partial charge in [-0.1, -0.05) is 30.3 Å². The van der Waals surface area contributed by atoms with E-state index in [1.807, 2.05) is 60.0 Å². The van der Waals surface area contributed by atoms with Crippen molar-refractivity contribution in [3.63, 3.8) is 0 Å². The highest BCUT2D eigenvalue weighted by molar-refractivity contribution is 9.10. The number of nitrogens with two attached hydrogens (primary N) is 1. The van der Waals surface area contributed by atoms with Gasteiger partial charge in [0, 0.05) is 26.0 Å². The van der Waals surface area contributed by atoms with E-state index in [0.29, 0.717) is 5.69 Å². The molecule has 0 fully saturated rings. The molecule has 5 nitrogen and oxygen atoms in total. The molecule has 1 aromatic heterocycles. The smallest absolute Gasteiger partial charge is 0.244 e. The summed E-state index contributed by atoms with van der Waals surface area (Å²) in [5.41, 5.74) is 7.89. The number of carbonyl (C=O) groups excluding carboxylic acids is 2. The van der Waals surface area contributed by atoms with Crippen LogP contribution >= 0.6 is 27.7 Å². The molecule has 1 heterocycles. The lowest BCUT2D eigenvalue weighted by atomic mass is 10.2. The van der Waals surface area contributed by atoms with E-state index in [0.717, 1.165) is 26.0 Å². The molecule has 0 radical (unpaired) electrons. The highest BCUT2D eigenvalue weighted by Crippen LogP contribution is 2.31. The molecule has 0 aliphatic rings. The van der Waals surface area contributed by atoms with Gasteiger partial charge in [0.1, 0.15) is 6.54 Å². The van der Waals surface area contributed by atoms with Gasteiger partial charge in [0.05, 0.1) is 11.4 Å². The van der Waals surface area contributed by atoms with Crippen molar-refractivity contribution in [3.05, 3.63) is 58.7 Å². The maximum absolute atomic E-state index is 12.6. The first-order valence-corrected chi connectivity index (χ1v) is 9.78. The van der Waals surface area contributed by atoms with Gasteiger partial charge in [0.15, 0.2) is 0 Å². The number of benzene rings is 2. The van der Waals surface area contributed by atoms with Gasteiger partial charge in [-0.05, 0) is 41.1 Å². The van der Waals surface area contributed by atoms with Crippen LogP contribution in [-0.4, -0.2) is 22.1 Å². The van der Waals surface area contributed by atoms with E-state index in [4.69, 9.17) is 5.73 Å². The van der Waals surface area contributed by atoms with Crippen LogP contribution < -0.4 is 11.1 Å². The number of nitrogens with one attached hydrogen (secondary N) is 1. The Balaban J connectivity index is 1.81. The minimum Gasteiger partial charge on any atom is -0.369 e. The van der Waals surface area contributed by atoms with Crippen LogP contribution in [0, 0.1) is 6.92 Å². The Morgan fingerprint density at radius 2 is 1.85 bits per heavy atom. The molecule has 3 rings (SSSR count). The second kappa shape index (κ2) is 7.97. The number of thioether (sulfide) groups is 1. The number of hydrogen-bond acceptors (Lipinski definition) is 3. The summed E-state index contributed by atoms with van der Waals surface area (Å²) in [5.74, 6) is -0.356. The topological polar surface area (TPSA) is 77.1 Å². The molecule has 0 atom stereocenters. The minimum atomic E-state index is -0.393. The van der Waals surface area contributed by atoms with Crippen molar-refractivity contribution in [3.8, 4) is 0 Å². The molecule has 0 aliphatic heterocycles. The number of para-hydroxylation sites is 2. The largest absolute Gasteiger partial charge is 0.369 e. The molecule has 0 saturated carbocycles. The quantitative estimate of drug-likeness (QED) is 0.580. The highest BCUT2D eigenvalue weighted by atomic mass is 79.9. The Morgan fingerprint density at radius 3 is 2.62 bits per heavy atom. The number of amides is 2. The molecular formula is C19H18BrN3O2S. The van der Waals surface area contributed by atoms with Crippen molar-refractivity contribution in [2.45, 2.75) is 18.4 Å². The van der Waals surface area contributed by atoms with Gasteiger partial charge >= 0.3 is 0 Å². The first-order valence-electron chi connectivity index (χ1n) is 8.00. The zero-order valence-electron chi connectivity index (χ0n) is 14.2. The van der Waals surface area contributed by atoms with Gasteiger partial charge < -0.3 is 15.6 Å². The third-order valence-corrected chi connectivity index (χ3v) is 6.08. The third kappa shape index (κ3) is 3.94. The number of primary amides is 1. The van der Waals surface area contributed by atoms with Crippen molar-refractivity contribution in [1.29, 1.82) is 0 Å². The summed E-state index contributed by atoms with van der Waals surface area (Å²) in [7, 11) is 0. The lowest BCUT2D eigenvalue weighted by Gasteiger charge is -2.12. The summed E-state index contributed by atoms with van der Waals surface area (Å²) in [5, 5.41) is 4.01. The van der Waals surface area contributed by atoms with Gasteiger partial charge in [-0.2, -0.15) is 0 Å². The molecule has 134 valence electrons. The Morgan fingerprint density at radius 1 is 1.15 bits per heavy atom. The van der Waals surface area contributed by atoms with E-state index in [2.05, 4.69) is 21.2 Å². The van der Waals surface area contributed by atoms with Crippen molar-refractivity contribution in [2.75, 3.05) is 11.1 Å². The lowest BCUT2D eigenvalue weighted by Crippen LogP contribution is -2.20. The van der Waals surface area contributed by atoms with Crippen molar-refractivity contribution in [1.82, 2.24) is 4.57 Å². The van der Waals surface area contributed by atoms with Crippen molar-refractivity contribution in [2.24, 2.45) is 5.73 Å². The molecule has 2 aromatic carbocycles. The summed E-state index contributed by atoms with van der Waals surface area (Å²) < 4.78 is 2.98. The van der Waals surface area contributed by atoms with Crippen molar-refractivity contribution < 1.29 is 9.59 Å². The molecule has 0 unspecified atom stereocenters. The van der Waals surface area contributed by atoms with E-state index >= 15 is 0 Å². The van der Waals surface area contributed by atoms with Gasteiger partial charge in [-0.15, -0.1) is 11.8 Å². The van der Waals surface area contributed by atoms with Crippen LogP contribution in [0.1, 0.15) is 5.69 Å². The summed E-state index contributed by atoms with van der Waals surface area (Å²) in [6, 6.07) is 15.3. The molecule has 3 aromatic rings. The Kier molecular flexibility index (Phi) is 5.68. The number of anilines is 1. The first-order chi connectivity index (χ1) is 12.5. The average Bonchev–Trinajstić information content (AvgIpc) is 2.86. The average molecular weight is 432 g/mol.